The molecule has 0 radical (unpaired) electrons. The SMILES string of the molecule is CCCCCC1CN([O-])N=N1. The Bertz CT molecular complexity index is 138. The lowest BCUT2D eigenvalue weighted by Gasteiger charge is -2.16. The third kappa shape index (κ3) is 2.84. The molecule has 0 bridgehead atoms. The fourth-order valence-electron chi connectivity index (χ4n) is 1.16. The maximum Gasteiger partial charge on any atom is 0.0911 e. The van der Waals surface area contributed by atoms with E-state index >= 15 is 0 Å². The Labute approximate surface area is 66.8 Å². The Morgan fingerprint density at radius 1 is 1.55 bits per heavy atom. The highest BCUT2D eigenvalue weighted by atomic mass is 16.5. The Kier molecular flexibility index (Phi) is 3.29. The Morgan fingerprint density at radius 2 is 2.36 bits per heavy atom. The third-order valence-electron chi connectivity index (χ3n) is 1.82. The summed E-state index contributed by atoms with van der Waals surface area (Å²) in [6.45, 7) is 2.62. The second kappa shape index (κ2) is 4.28. The molecule has 1 aliphatic heterocycles. The first-order valence-electron chi connectivity index (χ1n) is 4.18. The van der Waals surface area contributed by atoms with Gasteiger partial charge >= 0.3 is 0 Å². The molecule has 0 saturated carbocycles. The molecule has 0 saturated heterocycles. The van der Waals surface area contributed by atoms with E-state index in [1.165, 1.54) is 12.8 Å². The molecule has 0 aromatic heterocycles. The Hall–Kier alpha value is -0.640. The van der Waals surface area contributed by atoms with Gasteiger partial charge in [-0.25, -0.2) is 0 Å². The van der Waals surface area contributed by atoms with Crippen LogP contribution in [0.2, 0.25) is 0 Å². The monoisotopic (exact) mass is 156 g/mol. The second-order valence-electron chi connectivity index (χ2n) is 2.89. The topological polar surface area (TPSA) is 51.0 Å². The number of hydrogen-bond acceptors (Lipinski definition) is 4. The van der Waals surface area contributed by atoms with Crippen LogP contribution in [0, 0.1) is 5.21 Å². The largest absolute Gasteiger partial charge is 0.740 e. The summed E-state index contributed by atoms with van der Waals surface area (Å²) in [5.74, 6) is 0. The van der Waals surface area contributed by atoms with E-state index in [1.807, 2.05) is 0 Å². The molecule has 1 heterocycles. The van der Waals surface area contributed by atoms with Crippen LogP contribution in [0.25, 0.3) is 0 Å². The lowest BCUT2D eigenvalue weighted by Crippen LogP contribution is -2.14. The van der Waals surface area contributed by atoms with Gasteiger partial charge in [-0.1, -0.05) is 31.4 Å². The van der Waals surface area contributed by atoms with Crippen LogP contribution in [0.5, 0.6) is 0 Å². The maximum atomic E-state index is 10.5. The second-order valence-corrected chi connectivity index (χ2v) is 2.89. The highest BCUT2D eigenvalue weighted by molar-refractivity contribution is 4.73. The molecule has 0 aromatic rings. The molecule has 1 rings (SSSR count). The van der Waals surface area contributed by atoms with Crippen molar-refractivity contribution in [2.75, 3.05) is 6.54 Å². The lowest BCUT2D eigenvalue weighted by atomic mass is 10.1. The van der Waals surface area contributed by atoms with Crippen LogP contribution in [0.1, 0.15) is 32.6 Å². The summed E-state index contributed by atoms with van der Waals surface area (Å²) in [4.78, 5) is 0. The van der Waals surface area contributed by atoms with Gasteiger partial charge in [-0.15, -0.1) is 0 Å². The van der Waals surface area contributed by atoms with E-state index in [1.54, 1.807) is 0 Å². The molecule has 1 aliphatic rings. The van der Waals surface area contributed by atoms with Crippen LogP contribution in [0.4, 0.5) is 0 Å². The van der Waals surface area contributed by atoms with E-state index in [0.717, 1.165) is 12.8 Å². The molecular formula is C7H14N3O-. The van der Waals surface area contributed by atoms with E-state index in [2.05, 4.69) is 17.3 Å². The molecule has 0 spiro atoms. The summed E-state index contributed by atoms with van der Waals surface area (Å²) in [6.07, 6.45) is 4.61. The van der Waals surface area contributed by atoms with Crippen LogP contribution in [-0.2, 0) is 0 Å². The van der Waals surface area contributed by atoms with Gasteiger partial charge in [0.2, 0.25) is 0 Å². The first-order valence-corrected chi connectivity index (χ1v) is 4.18. The number of hydroxylamine groups is 1. The summed E-state index contributed by atoms with van der Waals surface area (Å²) >= 11 is 0. The predicted octanol–water partition coefficient (Wildman–Crippen LogP) is 2.12. The minimum Gasteiger partial charge on any atom is -0.740 e. The minimum absolute atomic E-state index is 0.166. The van der Waals surface area contributed by atoms with Gasteiger partial charge in [0, 0.05) is 6.54 Å². The van der Waals surface area contributed by atoms with Crippen LogP contribution in [0.15, 0.2) is 10.3 Å². The van der Waals surface area contributed by atoms with Crippen molar-refractivity contribution in [1.29, 1.82) is 0 Å². The zero-order chi connectivity index (χ0) is 8.10. The molecule has 0 fully saturated rings. The maximum absolute atomic E-state index is 10.5. The first kappa shape index (κ1) is 8.46. The van der Waals surface area contributed by atoms with Gasteiger partial charge in [0.1, 0.15) is 0 Å². The number of hydrogen-bond donors (Lipinski definition) is 0. The van der Waals surface area contributed by atoms with E-state index in [4.69, 9.17) is 0 Å². The molecule has 0 aliphatic carbocycles. The summed E-state index contributed by atoms with van der Waals surface area (Å²) < 4.78 is 0. The zero-order valence-electron chi connectivity index (χ0n) is 6.86. The van der Waals surface area contributed by atoms with Gasteiger partial charge in [0.05, 0.1) is 6.04 Å². The van der Waals surface area contributed by atoms with Gasteiger partial charge in [0.15, 0.2) is 0 Å². The third-order valence-corrected chi connectivity index (χ3v) is 1.82. The number of rotatable bonds is 4. The summed E-state index contributed by atoms with van der Waals surface area (Å²) in [7, 11) is 0. The minimum atomic E-state index is 0.166. The van der Waals surface area contributed by atoms with Crippen molar-refractivity contribution in [3.8, 4) is 0 Å². The Balaban J connectivity index is 2.05. The van der Waals surface area contributed by atoms with E-state index in [-0.39, 0.29) is 6.04 Å². The fraction of sp³-hybridized carbons (Fsp3) is 1.00. The van der Waals surface area contributed by atoms with Gasteiger partial charge in [-0.3, -0.25) is 0 Å². The molecule has 0 amide bonds. The highest BCUT2D eigenvalue weighted by Gasteiger charge is 2.12. The smallest absolute Gasteiger partial charge is 0.0911 e. The van der Waals surface area contributed by atoms with Gasteiger partial charge in [-0.05, 0) is 6.42 Å². The van der Waals surface area contributed by atoms with Gasteiger partial charge in [0.25, 0.3) is 0 Å². The summed E-state index contributed by atoms with van der Waals surface area (Å²) in [5, 5.41) is 18.4. The van der Waals surface area contributed by atoms with Crippen molar-refractivity contribution in [2.24, 2.45) is 10.3 Å². The molecule has 0 aromatic carbocycles. The lowest BCUT2D eigenvalue weighted by molar-refractivity contribution is 0.417. The molecule has 1 unspecified atom stereocenters. The fourth-order valence-corrected chi connectivity index (χ4v) is 1.16. The summed E-state index contributed by atoms with van der Waals surface area (Å²) in [5.41, 5.74) is 0. The number of unbranched alkanes of at least 4 members (excludes halogenated alkanes) is 2. The molecule has 4 heteroatoms. The Morgan fingerprint density at radius 3 is 2.91 bits per heavy atom. The van der Waals surface area contributed by atoms with Crippen molar-refractivity contribution < 1.29 is 0 Å². The molecule has 0 N–H and O–H groups in total. The average Bonchev–Trinajstić information content (AvgIpc) is 2.37. The normalized spacial score (nSPS) is 23.1. The van der Waals surface area contributed by atoms with Crippen molar-refractivity contribution in [3.05, 3.63) is 5.21 Å². The van der Waals surface area contributed by atoms with Crippen molar-refractivity contribution >= 4 is 0 Å². The van der Waals surface area contributed by atoms with Crippen molar-refractivity contribution in [2.45, 2.75) is 38.6 Å². The van der Waals surface area contributed by atoms with Gasteiger partial charge < -0.3 is 10.4 Å². The molecule has 4 nitrogen and oxygen atoms in total. The highest BCUT2D eigenvalue weighted by Crippen LogP contribution is 2.13. The van der Waals surface area contributed by atoms with Crippen LogP contribution >= 0.6 is 0 Å². The molecule has 1 atom stereocenters. The van der Waals surface area contributed by atoms with E-state index < -0.39 is 0 Å². The molecule has 64 valence electrons. The van der Waals surface area contributed by atoms with Crippen LogP contribution in [0.3, 0.4) is 0 Å². The van der Waals surface area contributed by atoms with Gasteiger partial charge in [-0.2, -0.15) is 5.11 Å². The van der Waals surface area contributed by atoms with Crippen molar-refractivity contribution in [3.63, 3.8) is 0 Å². The van der Waals surface area contributed by atoms with E-state index in [0.29, 0.717) is 11.7 Å². The van der Waals surface area contributed by atoms with Crippen molar-refractivity contribution in [1.82, 2.24) is 5.17 Å². The first-order chi connectivity index (χ1) is 5.33. The predicted molar refractivity (Wildman–Crippen MR) is 42.9 cm³/mol. The quantitative estimate of drug-likeness (QED) is 0.585. The molecule has 11 heavy (non-hydrogen) atoms. The molecular weight excluding hydrogens is 142 g/mol. The standard InChI is InChI=1S/C7H14N3O/c1-2-3-4-5-7-6-10(11)9-8-7/h7H,2-6H2,1H3/q-1. The van der Waals surface area contributed by atoms with Crippen LogP contribution < -0.4 is 0 Å². The average molecular weight is 156 g/mol. The van der Waals surface area contributed by atoms with E-state index in [9.17, 15) is 5.21 Å². The number of nitrogens with zero attached hydrogens (tertiary/aromatic N) is 3. The van der Waals surface area contributed by atoms with Crippen LogP contribution in [-0.4, -0.2) is 17.8 Å². The zero-order valence-corrected chi connectivity index (χ0v) is 6.86. The summed E-state index contributed by atoms with van der Waals surface area (Å²) in [6, 6.07) is 0.166.